The van der Waals surface area contributed by atoms with Crippen molar-refractivity contribution in [2.75, 3.05) is 26.3 Å². The molecule has 218 valence electrons. The first-order valence-corrected chi connectivity index (χ1v) is 14.9. The normalized spacial score (nSPS) is 21.1. The van der Waals surface area contributed by atoms with Gasteiger partial charge in [0.25, 0.3) is 0 Å². The number of aromatic nitrogens is 3. The molecule has 2 saturated heterocycles. The molecule has 5 heterocycles. The maximum absolute atomic E-state index is 14.7. The van der Waals surface area contributed by atoms with Gasteiger partial charge in [-0.25, -0.2) is 19.2 Å². The van der Waals surface area contributed by atoms with Gasteiger partial charge in [-0.1, -0.05) is 29.8 Å². The minimum Gasteiger partial charge on any atom is -0.493 e. The Labute approximate surface area is 248 Å². The first-order valence-electron chi connectivity index (χ1n) is 14.6. The van der Waals surface area contributed by atoms with Gasteiger partial charge in [0.05, 0.1) is 25.8 Å². The number of likely N-dealkylation sites (tertiary alicyclic amines) is 1. The van der Waals surface area contributed by atoms with Crippen LogP contribution in [0.1, 0.15) is 64.1 Å². The van der Waals surface area contributed by atoms with Gasteiger partial charge in [0.2, 0.25) is 0 Å². The molecule has 3 aliphatic heterocycles. The largest absolute Gasteiger partial charge is 0.493 e. The summed E-state index contributed by atoms with van der Waals surface area (Å²) >= 11 is 5.99. The number of nitrogens with zero attached hydrogens (tertiary/aromatic N) is 4. The lowest BCUT2D eigenvalue weighted by atomic mass is 9.81. The van der Waals surface area contributed by atoms with E-state index in [0.717, 1.165) is 57.0 Å². The predicted octanol–water partition coefficient (Wildman–Crippen LogP) is 5.81. The highest BCUT2D eigenvalue weighted by Gasteiger charge is 2.30. The van der Waals surface area contributed by atoms with Crippen molar-refractivity contribution in [3.8, 4) is 5.75 Å². The highest BCUT2D eigenvalue weighted by atomic mass is 35.5. The van der Waals surface area contributed by atoms with Crippen LogP contribution in [0.3, 0.4) is 0 Å². The summed E-state index contributed by atoms with van der Waals surface area (Å²) in [6, 6.07) is 14.4. The number of aromatic carboxylic acids is 1. The third-order valence-electron chi connectivity index (χ3n) is 8.92. The zero-order chi connectivity index (χ0) is 28.8. The molecule has 0 spiro atoms. The van der Waals surface area contributed by atoms with Crippen LogP contribution in [-0.4, -0.2) is 62.9 Å². The first-order chi connectivity index (χ1) is 20.4. The summed E-state index contributed by atoms with van der Waals surface area (Å²) in [5.41, 5.74) is 4.44. The minimum absolute atomic E-state index is 0.0155. The number of carbonyl (C=O) groups is 1. The van der Waals surface area contributed by atoms with E-state index in [1.807, 2.05) is 10.6 Å². The Bertz CT molecular complexity index is 1650. The standard InChI is InChI=1S/C32H32ClFN4O4/c33-21-4-5-24(26(34)15-21)20-14-25-23(2-1-3-29(25)42-18-20)19-8-11-37(12-9-19)17-30-35-27-6-7-28(32(39)40)36-31(27)38(30)16-22-10-13-41-22/h1-7,15,19-20,22H,8-14,16-18H2,(H,39,40)/t20-,22-/m0/s1. The van der Waals surface area contributed by atoms with Crippen molar-refractivity contribution >= 4 is 28.7 Å². The van der Waals surface area contributed by atoms with Crippen LogP contribution in [0.25, 0.3) is 11.2 Å². The van der Waals surface area contributed by atoms with Crippen molar-refractivity contribution < 1.29 is 23.8 Å². The Kier molecular flexibility index (Phi) is 7.34. The second-order valence-electron chi connectivity index (χ2n) is 11.5. The molecule has 42 heavy (non-hydrogen) atoms. The highest BCUT2D eigenvalue weighted by Crippen LogP contribution is 2.41. The molecule has 0 saturated carbocycles. The van der Waals surface area contributed by atoms with Crippen LogP contribution in [0.5, 0.6) is 5.75 Å². The summed E-state index contributed by atoms with van der Waals surface area (Å²) in [6.07, 6.45) is 3.79. The van der Waals surface area contributed by atoms with Crippen LogP contribution >= 0.6 is 11.6 Å². The number of halogens is 2. The van der Waals surface area contributed by atoms with Gasteiger partial charge in [-0.05, 0) is 91.7 Å². The molecule has 2 aromatic carbocycles. The molecule has 8 nitrogen and oxygen atoms in total. The molecule has 1 N–H and O–H groups in total. The third kappa shape index (κ3) is 5.25. The molecule has 10 heteroatoms. The number of fused-ring (bicyclic) bond motifs is 2. The number of piperidine rings is 1. The van der Waals surface area contributed by atoms with Crippen molar-refractivity contribution in [1.29, 1.82) is 0 Å². The highest BCUT2D eigenvalue weighted by molar-refractivity contribution is 6.30. The van der Waals surface area contributed by atoms with Crippen LogP contribution in [-0.2, 0) is 24.2 Å². The lowest BCUT2D eigenvalue weighted by Crippen LogP contribution is -2.35. The second-order valence-corrected chi connectivity index (χ2v) is 12.0. The van der Waals surface area contributed by atoms with Gasteiger partial charge in [0.15, 0.2) is 11.3 Å². The smallest absolute Gasteiger partial charge is 0.354 e. The zero-order valence-electron chi connectivity index (χ0n) is 23.1. The second kappa shape index (κ2) is 11.3. The van der Waals surface area contributed by atoms with E-state index in [0.29, 0.717) is 47.4 Å². The number of benzene rings is 2. The molecule has 2 fully saturated rings. The number of imidazole rings is 1. The number of carboxylic acid groups (broad SMARTS) is 1. The molecule has 2 atom stereocenters. The summed E-state index contributed by atoms with van der Waals surface area (Å²) in [5.74, 6) is 0.781. The van der Waals surface area contributed by atoms with Gasteiger partial charge in [-0.3, -0.25) is 4.90 Å². The minimum atomic E-state index is -1.05. The SMILES string of the molecule is O=C(O)c1ccc2nc(CN3CCC(c4cccc5c4C[C@H](c4ccc(Cl)cc4F)CO5)CC3)n(C[C@@H]3CCO3)c2n1. The Morgan fingerprint density at radius 1 is 1.05 bits per heavy atom. The van der Waals surface area contributed by atoms with Crippen LogP contribution in [0.4, 0.5) is 4.39 Å². The summed E-state index contributed by atoms with van der Waals surface area (Å²) in [4.78, 5) is 23.3. The van der Waals surface area contributed by atoms with E-state index in [1.165, 1.54) is 23.3 Å². The fourth-order valence-corrected chi connectivity index (χ4v) is 6.72. The molecular weight excluding hydrogens is 559 g/mol. The van der Waals surface area contributed by atoms with Crippen molar-refractivity contribution in [1.82, 2.24) is 19.4 Å². The number of ether oxygens (including phenoxy) is 2. The lowest BCUT2D eigenvalue weighted by Gasteiger charge is -2.35. The quantitative estimate of drug-likeness (QED) is 0.290. The molecule has 0 amide bonds. The molecule has 7 rings (SSSR count). The van der Waals surface area contributed by atoms with Crippen molar-refractivity contribution in [2.45, 2.75) is 56.7 Å². The van der Waals surface area contributed by atoms with E-state index in [9.17, 15) is 14.3 Å². The first kappa shape index (κ1) is 27.3. The molecule has 3 aliphatic rings. The number of hydrogen-bond acceptors (Lipinski definition) is 6. The summed E-state index contributed by atoms with van der Waals surface area (Å²) in [7, 11) is 0. The Morgan fingerprint density at radius 3 is 2.62 bits per heavy atom. The van der Waals surface area contributed by atoms with Gasteiger partial charge in [0, 0.05) is 17.5 Å². The van der Waals surface area contributed by atoms with E-state index in [4.69, 9.17) is 26.1 Å². The molecule has 2 aromatic heterocycles. The fourth-order valence-electron chi connectivity index (χ4n) is 6.56. The van der Waals surface area contributed by atoms with Crippen LogP contribution in [0.2, 0.25) is 5.02 Å². The Morgan fingerprint density at radius 2 is 1.88 bits per heavy atom. The molecule has 0 bridgehead atoms. The number of pyridine rings is 1. The summed E-state index contributed by atoms with van der Waals surface area (Å²) in [6.45, 7) is 4.28. The Balaban J connectivity index is 1.07. The van der Waals surface area contributed by atoms with Gasteiger partial charge in [-0.2, -0.15) is 0 Å². The average molecular weight is 591 g/mol. The summed E-state index contributed by atoms with van der Waals surface area (Å²) in [5, 5.41) is 9.87. The van der Waals surface area contributed by atoms with E-state index >= 15 is 0 Å². The van der Waals surface area contributed by atoms with Crippen LogP contribution in [0.15, 0.2) is 48.5 Å². The van der Waals surface area contributed by atoms with E-state index in [1.54, 1.807) is 18.2 Å². The van der Waals surface area contributed by atoms with Crippen LogP contribution in [0, 0.1) is 5.82 Å². The average Bonchev–Trinajstić information content (AvgIpc) is 3.30. The van der Waals surface area contributed by atoms with Gasteiger partial charge < -0.3 is 19.1 Å². The van der Waals surface area contributed by atoms with Crippen molar-refractivity contribution in [3.63, 3.8) is 0 Å². The van der Waals surface area contributed by atoms with Crippen molar-refractivity contribution in [2.24, 2.45) is 0 Å². The van der Waals surface area contributed by atoms with E-state index in [2.05, 4.69) is 22.0 Å². The molecule has 0 aliphatic carbocycles. The zero-order valence-corrected chi connectivity index (χ0v) is 23.9. The van der Waals surface area contributed by atoms with E-state index < -0.39 is 5.97 Å². The number of hydrogen-bond donors (Lipinski definition) is 1. The molecule has 0 unspecified atom stereocenters. The number of carboxylic acids is 1. The van der Waals surface area contributed by atoms with E-state index in [-0.39, 0.29) is 23.5 Å². The topological polar surface area (TPSA) is 89.7 Å². The van der Waals surface area contributed by atoms with Crippen LogP contribution < -0.4 is 4.74 Å². The van der Waals surface area contributed by atoms with Crippen molar-refractivity contribution in [3.05, 3.63) is 87.6 Å². The maximum atomic E-state index is 14.7. The monoisotopic (exact) mass is 590 g/mol. The summed E-state index contributed by atoms with van der Waals surface area (Å²) < 4.78 is 28.6. The molecule has 0 radical (unpaired) electrons. The third-order valence-corrected chi connectivity index (χ3v) is 9.16. The lowest BCUT2D eigenvalue weighted by molar-refractivity contribution is -0.0593. The predicted molar refractivity (Wildman–Crippen MR) is 156 cm³/mol. The van der Waals surface area contributed by atoms with Gasteiger partial charge in [0.1, 0.15) is 22.9 Å². The molecular formula is C32H32ClFN4O4. The van der Waals surface area contributed by atoms with Gasteiger partial charge >= 0.3 is 5.97 Å². The number of rotatable bonds is 7. The Hall–Kier alpha value is -3.53. The molecule has 4 aromatic rings. The maximum Gasteiger partial charge on any atom is 0.354 e. The van der Waals surface area contributed by atoms with Gasteiger partial charge in [-0.15, -0.1) is 0 Å². The fraction of sp³-hybridized carbons (Fsp3) is 0.406.